The maximum absolute atomic E-state index is 12.9. The molecule has 8 heteroatoms. The van der Waals surface area contributed by atoms with Crippen LogP contribution in [0, 0.1) is 15.9 Å². The number of ether oxygens (including phenoxy) is 1. The van der Waals surface area contributed by atoms with Gasteiger partial charge in [0.15, 0.2) is 0 Å². The molecule has 1 fully saturated rings. The molecule has 1 amide bonds. The average Bonchev–Trinajstić information content (AvgIpc) is 2.67. The van der Waals surface area contributed by atoms with Gasteiger partial charge in [-0.05, 0) is 29.8 Å². The molecule has 7 nitrogen and oxygen atoms in total. The van der Waals surface area contributed by atoms with E-state index < -0.39 is 10.8 Å². The molecule has 0 spiro atoms. The Morgan fingerprint density at radius 1 is 1.19 bits per heavy atom. The summed E-state index contributed by atoms with van der Waals surface area (Å²) in [6.45, 7) is 2.62. The SMILES string of the molecule is O=C(NCc1ccc(F)cc1)c1cc(N2CCOCC2)ccc1[N+](=O)[O-]. The van der Waals surface area contributed by atoms with Crippen molar-refractivity contribution in [3.05, 3.63) is 69.5 Å². The van der Waals surface area contributed by atoms with Crippen molar-refractivity contribution in [2.75, 3.05) is 31.2 Å². The van der Waals surface area contributed by atoms with Crippen molar-refractivity contribution >= 4 is 17.3 Å². The molecule has 1 heterocycles. The third-order valence-corrected chi connectivity index (χ3v) is 4.16. The summed E-state index contributed by atoms with van der Waals surface area (Å²) in [6, 6.07) is 10.2. The highest BCUT2D eigenvalue weighted by Crippen LogP contribution is 2.26. The van der Waals surface area contributed by atoms with Crippen LogP contribution in [0.3, 0.4) is 0 Å². The smallest absolute Gasteiger partial charge is 0.282 e. The van der Waals surface area contributed by atoms with E-state index in [0.29, 0.717) is 31.9 Å². The maximum atomic E-state index is 12.9. The van der Waals surface area contributed by atoms with Gasteiger partial charge in [-0.1, -0.05) is 12.1 Å². The van der Waals surface area contributed by atoms with Crippen molar-refractivity contribution in [2.24, 2.45) is 0 Å². The summed E-state index contributed by atoms with van der Waals surface area (Å²) in [5.74, 6) is -0.912. The predicted molar refractivity (Wildman–Crippen MR) is 93.7 cm³/mol. The number of nitro groups is 1. The zero-order chi connectivity index (χ0) is 18.5. The summed E-state index contributed by atoms with van der Waals surface area (Å²) in [4.78, 5) is 25.2. The van der Waals surface area contributed by atoms with Crippen LogP contribution in [0.15, 0.2) is 42.5 Å². The maximum Gasteiger partial charge on any atom is 0.282 e. The largest absolute Gasteiger partial charge is 0.378 e. The number of anilines is 1. The van der Waals surface area contributed by atoms with Gasteiger partial charge in [0, 0.05) is 31.4 Å². The predicted octanol–water partition coefficient (Wildman–Crippen LogP) is 2.50. The van der Waals surface area contributed by atoms with Crippen molar-refractivity contribution in [3.63, 3.8) is 0 Å². The lowest BCUT2D eigenvalue weighted by Crippen LogP contribution is -2.36. The van der Waals surface area contributed by atoms with Gasteiger partial charge in [0.2, 0.25) is 0 Å². The van der Waals surface area contributed by atoms with E-state index in [1.165, 1.54) is 24.3 Å². The number of halogens is 1. The van der Waals surface area contributed by atoms with Crippen LogP contribution in [-0.4, -0.2) is 37.1 Å². The number of nitrogens with one attached hydrogen (secondary N) is 1. The highest BCUT2D eigenvalue weighted by Gasteiger charge is 2.22. The van der Waals surface area contributed by atoms with Crippen LogP contribution in [-0.2, 0) is 11.3 Å². The number of hydrogen-bond acceptors (Lipinski definition) is 5. The number of amides is 1. The lowest BCUT2D eigenvalue weighted by atomic mass is 10.1. The Balaban J connectivity index is 1.79. The van der Waals surface area contributed by atoms with E-state index in [2.05, 4.69) is 5.32 Å². The number of nitrogens with zero attached hydrogens (tertiary/aromatic N) is 2. The second-order valence-corrected chi connectivity index (χ2v) is 5.87. The number of morpholine rings is 1. The summed E-state index contributed by atoms with van der Waals surface area (Å²) >= 11 is 0. The molecule has 1 aliphatic heterocycles. The second kappa shape index (κ2) is 7.92. The second-order valence-electron chi connectivity index (χ2n) is 5.87. The van der Waals surface area contributed by atoms with Crippen LogP contribution < -0.4 is 10.2 Å². The minimum atomic E-state index is -0.574. The normalized spacial score (nSPS) is 14.1. The van der Waals surface area contributed by atoms with Crippen molar-refractivity contribution in [1.82, 2.24) is 5.32 Å². The Hall–Kier alpha value is -3.00. The molecule has 0 radical (unpaired) electrons. The third-order valence-electron chi connectivity index (χ3n) is 4.16. The lowest BCUT2D eigenvalue weighted by Gasteiger charge is -2.29. The van der Waals surface area contributed by atoms with Gasteiger partial charge in [-0.2, -0.15) is 0 Å². The molecule has 0 aromatic heterocycles. The molecule has 0 aliphatic carbocycles. The molecule has 1 aliphatic rings. The first-order valence-electron chi connectivity index (χ1n) is 8.18. The standard InChI is InChI=1S/C18H18FN3O4/c19-14-3-1-13(2-4-14)12-20-18(23)16-11-15(5-6-17(16)22(24)25)21-7-9-26-10-8-21/h1-6,11H,7-10,12H2,(H,20,23). The van der Waals surface area contributed by atoms with Crippen LogP contribution in [0.2, 0.25) is 0 Å². The van der Waals surface area contributed by atoms with E-state index in [-0.39, 0.29) is 23.6 Å². The molecular weight excluding hydrogens is 341 g/mol. The fraction of sp³-hybridized carbons (Fsp3) is 0.278. The Morgan fingerprint density at radius 3 is 2.54 bits per heavy atom. The lowest BCUT2D eigenvalue weighted by molar-refractivity contribution is -0.385. The first-order valence-corrected chi connectivity index (χ1v) is 8.18. The van der Waals surface area contributed by atoms with Crippen LogP contribution in [0.4, 0.5) is 15.8 Å². The zero-order valence-electron chi connectivity index (χ0n) is 14.0. The Morgan fingerprint density at radius 2 is 1.88 bits per heavy atom. The van der Waals surface area contributed by atoms with E-state index in [1.54, 1.807) is 18.2 Å². The quantitative estimate of drug-likeness (QED) is 0.655. The highest BCUT2D eigenvalue weighted by molar-refractivity contribution is 5.99. The molecule has 1 N–H and O–H groups in total. The number of rotatable bonds is 5. The Bertz CT molecular complexity index is 805. The van der Waals surface area contributed by atoms with Gasteiger partial charge in [-0.15, -0.1) is 0 Å². The highest BCUT2D eigenvalue weighted by atomic mass is 19.1. The van der Waals surface area contributed by atoms with Gasteiger partial charge >= 0.3 is 0 Å². The van der Waals surface area contributed by atoms with E-state index in [4.69, 9.17) is 4.74 Å². The molecule has 0 saturated carbocycles. The van der Waals surface area contributed by atoms with Gasteiger partial charge in [0.05, 0.1) is 18.1 Å². The first-order chi connectivity index (χ1) is 12.5. The fourth-order valence-corrected chi connectivity index (χ4v) is 2.76. The van der Waals surface area contributed by atoms with Crippen molar-refractivity contribution in [2.45, 2.75) is 6.54 Å². The number of nitro benzene ring substituents is 1. The summed E-state index contributed by atoms with van der Waals surface area (Å²) in [7, 11) is 0. The van der Waals surface area contributed by atoms with Gasteiger partial charge in [-0.3, -0.25) is 14.9 Å². The van der Waals surface area contributed by atoms with E-state index in [0.717, 1.165) is 5.69 Å². The third kappa shape index (κ3) is 4.15. The Labute approximate surface area is 149 Å². The number of benzene rings is 2. The summed E-state index contributed by atoms with van der Waals surface area (Å²) < 4.78 is 18.2. The molecule has 3 rings (SSSR count). The van der Waals surface area contributed by atoms with Gasteiger partial charge in [0.25, 0.3) is 11.6 Å². The number of carbonyl (C=O) groups is 1. The molecule has 2 aromatic carbocycles. The molecule has 0 unspecified atom stereocenters. The number of hydrogen-bond donors (Lipinski definition) is 1. The summed E-state index contributed by atoms with van der Waals surface area (Å²) in [5, 5.41) is 13.9. The topological polar surface area (TPSA) is 84.7 Å². The summed E-state index contributed by atoms with van der Waals surface area (Å²) in [5.41, 5.74) is 1.19. The zero-order valence-corrected chi connectivity index (χ0v) is 14.0. The molecule has 1 saturated heterocycles. The molecule has 0 atom stereocenters. The van der Waals surface area contributed by atoms with Crippen molar-refractivity contribution in [3.8, 4) is 0 Å². The van der Waals surface area contributed by atoms with Crippen molar-refractivity contribution < 1.29 is 18.8 Å². The monoisotopic (exact) mass is 359 g/mol. The Kier molecular flexibility index (Phi) is 5.43. The molecule has 0 bridgehead atoms. The van der Waals surface area contributed by atoms with Crippen LogP contribution >= 0.6 is 0 Å². The van der Waals surface area contributed by atoms with Crippen LogP contribution in [0.25, 0.3) is 0 Å². The minimum Gasteiger partial charge on any atom is -0.378 e. The van der Waals surface area contributed by atoms with E-state index >= 15 is 0 Å². The molecule has 2 aromatic rings. The van der Waals surface area contributed by atoms with Gasteiger partial charge in [0.1, 0.15) is 11.4 Å². The number of carbonyl (C=O) groups excluding carboxylic acids is 1. The molecule has 26 heavy (non-hydrogen) atoms. The van der Waals surface area contributed by atoms with Gasteiger partial charge < -0.3 is 15.0 Å². The molecule has 136 valence electrons. The minimum absolute atomic E-state index is 0.00102. The fourth-order valence-electron chi connectivity index (χ4n) is 2.76. The van der Waals surface area contributed by atoms with Gasteiger partial charge in [-0.25, -0.2) is 4.39 Å². The van der Waals surface area contributed by atoms with Crippen molar-refractivity contribution in [1.29, 1.82) is 0 Å². The van der Waals surface area contributed by atoms with Crippen LogP contribution in [0.5, 0.6) is 0 Å². The van der Waals surface area contributed by atoms with E-state index in [1.807, 2.05) is 4.90 Å². The van der Waals surface area contributed by atoms with Crippen LogP contribution in [0.1, 0.15) is 15.9 Å². The molecular formula is C18H18FN3O4. The average molecular weight is 359 g/mol. The van der Waals surface area contributed by atoms with E-state index in [9.17, 15) is 19.3 Å². The first kappa shape index (κ1) is 17.8. The summed E-state index contributed by atoms with van der Waals surface area (Å²) in [6.07, 6.45) is 0.